The lowest BCUT2D eigenvalue weighted by molar-refractivity contribution is 0.0220. The zero-order valence-electron chi connectivity index (χ0n) is 16.6. The fourth-order valence-corrected chi connectivity index (χ4v) is 3.42. The molecule has 2 N–H and O–H groups in total. The van der Waals surface area contributed by atoms with Crippen LogP contribution in [-0.4, -0.2) is 62.8 Å². The van der Waals surface area contributed by atoms with Crippen molar-refractivity contribution >= 4 is 16.7 Å². The maximum atomic E-state index is 5.43. The van der Waals surface area contributed by atoms with Gasteiger partial charge in [0.05, 0.1) is 19.8 Å². The summed E-state index contributed by atoms with van der Waals surface area (Å²) in [7, 11) is 0. The van der Waals surface area contributed by atoms with Crippen LogP contribution in [0.5, 0.6) is 0 Å². The number of aliphatic imine (C=N–C) groups is 1. The Hall–Kier alpha value is -2.11. The number of benzene rings is 2. The molecule has 5 heteroatoms. The minimum atomic E-state index is 0.435. The molecule has 0 aliphatic carbocycles. The molecule has 0 bridgehead atoms. The first-order valence-corrected chi connectivity index (χ1v) is 10.1. The number of rotatable bonds is 7. The Bertz CT molecular complexity index is 740. The average Bonchev–Trinajstić information content (AvgIpc) is 2.72. The highest BCUT2D eigenvalue weighted by molar-refractivity contribution is 5.83. The SMILES string of the molecule is CCNC(=NCC(C)N1CCOCC1)NCCc1ccc2ccccc2c1. The Kier molecular flexibility index (Phi) is 7.48. The zero-order valence-corrected chi connectivity index (χ0v) is 16.6. The van der Waals surface area contributed by atoms with Gasteiger partial charge in [-0.1, -0.05) is 42.5 Å². The van der Waals surface area contributed by atoms with Crippen LogP contribution in [0.1, 0.15) is 19.4 Å². The van der Waals surface area contributed by atoms with Gasteiger partial charge in [-0.05, 0) is 36.6 Å². The van der Waals surface area contributed by atoms with Crippen molar-refractivity contribution in [3.63, 3.8) is 0 Å². The van der Waals surface area contributed by atoms with Crippen LogP contribution in [0, 0.1) is 0 Å². The molecule has 1 aliphatic heterocycles. The standard InChI is InChI=1S/C22H32N4O/c1-3-23-22(25-17-18(2)26-12-14-27-15-13-26)24-11-10-19-8-9-20-6-4-5-7-21(20)16-19/h4-9,16,18H,3,10-15,17H2,1-2H3,(H2,23,24,25). The largest absolute Gasteiger partial charge is 0.379 e. The maximum Gasteiger partial charge on any atom is 0.191 e. The number of guanidine groups is 1. The third-order valence-corrected chi connectivity index (χ3v) is 5.05. The molecule has 1 atom stereocenters. The van der Waals surface area contributed by atoms with Gasteiger partial charge < -0.3 is 15.4 Å². The highest BCUT2D eigenvalue weighted by Gasteiger charge is 2.16. The fourth-order valence-electron chi connectivity index (χ4n) is 3.42. The summed E-state index contributed by atoms with van der Waals surface area (Å²) in [5.41, 5.74) is 1.35. The number of hydrogen-bond donors (Lipinski definition) is 2. The van der Waals surface area contributed by atoms with Gasteiger partial charge in [0.2, 0.25) is 0 Å². The summed E-state index contributed by atoms with van der Waals surface area (Å²) in [6.07, 6.45) is 0.980. The van der Waals surface area contributed by atoms with E-state index < -0.39 is 0 Å². The number of nitrogens with zero attached hydrogens (tertiary/aromatic N) is 2. The van der Waals surface area contributed by atoms with Crippen molar-refractivity contribution in [3.8, 4) is 0 Å². The van der Waals surface area contributed by atoms with Crippen LogP contribution in [0.3, 0.4) is 0 Å². The number of nitrogens with one attached hydrogen (secondary N) is 2. The van der Waals surface area contributed by atoms with E-state index in [0.29, 0.717) is 6.04 Å². The lowest BCUT2D eigenvalue weighted by Crippen LogP contribution is -2.44. The van der Waals surface area contributed by atoms with E-state index >= 15 is 0 Å². The molecule has 0 radical (unpaired) electrons. The van der Waals surface area contributed by atoms with Crippen molar-refractivity contribution in [1.29, 1.82) is 0 Å². The molecule has 2 aromatic carbocycles. The lowest BCUT2D eigenvalue weighted by Gasteiger charge is -2.31. The monoisotopic (exact) mass is 368 g/mol. The molecule has 1 unspecified atom stereocenters. The molecule has 5 nitrogen and oxygen atoms in total. The van der Waals surface area contributed by atoms with Gasteiger partial charge in [0.25, 0.3) is 0 Å². The summed E-state index contributed by atoms with van der Waals surface area (Å²) in [4.78, 5) is 7.23. The first kappa shape index (κ1) is 19.6. The van der Waals surface area contributed by atoms with Crippen LogP contribution >= 0.6 is 0 Å². The topological polar surface area (TPSA) is 48.9 Å². The summed E-state index contributed by atoms with van der Waals surface area (Å²) < 4.78 is 5.43. The first-order chi connectivity index (χ1) is 13.3. The van der Waals surface area contributed by atoms with E-state index in [0.717, 1.165) is 58.3 Å². The number of ether oxygens (including phenoxy) is 1. The highest BCUT2D eigenvalue weighted by Crippen LogP contribution is 2.15. The van der Waals surface area contributed by atoms with Gasteiger partial charge in [0, 0.05) is 32.2 Å². The zero-order chi connectivity index (χ0) is 18.9. The van der Waals surface area contributed by atoms with Crippen LogP contribution < -0.4 is 10.6 Å². The van der Waals surface area contributed by atoms with Gasteiger partial charge in [0.15, 0.2) is 5.96 Å². The molecule has 0 saturated carbocycles. The van der Waals surface area contributed by atoms with Crippen molar-refractivity contribution < 1.29 is 4.74 Å². The van der Waals surface area contributed by atoms with E-state index in [1.54, 1.807) is 0 Å². The number of fused-ring (bicyclic) bond motifs is 1. The summed E-state index contributed by atoms with van der Waals surface area (Å²) in [5.74, 6) is 0.901. The van der Waals surface area contributed by atoms with Crippen molar-refractivity contribution in [2.24, 2.45) is 4.99 Å². The van der Waals surface area contributed by atoms with Gasteiger partial charge in [0.1, 0.15) is 0 Å². The first-order valence-electron chi connectivity index (χ1n) is 10.1. The van der Waals surface area contributed by atoms with Crippen LogP contribution in [0.4, 0.5) is 0 Å². The fraction of sp³-hybridized carbons (Fsp3) is 0.500. The summed E-state index contributed by atoms with van der Waals surface area (Å²) >= 11 is 0. The Balaban J connectivity index is 1.50. The molecule has 146 valence electrons. The minimum Gasteiger partial charge on any atom is -0.379 e. The van der Waals surface area contributed by atoms with Gasteiger partial charge in [-0.15, -0.1) is 0 Å². The highest BCUT2D eigenvalue weighted by atomic mass is 16.5. The second-order valence-corrected chi connectivity index (χ2v) is 7.08. The Morgan fingerprint density at radius 2 is 1.89 bits per heavy atom. The Morgan fingerprint density at radius 3 is 2.67 bits per heavy atom. The Morgan fingerprint density at radius 1 is 1.11 bits per heavy atom. The van der Waals surface area contributed by atoms with Crippen molar-refractivity contribution in [3.05, 3.63) is 48.0 Å². The molecule has 0 spiro atoms. The minimum absolute atomic E-state index is 0.435. The molecule has 1 fully saturated rings. The van der Waals surface area contributed by atoms with Crippen molar-refractivity contribution in [2.75, 3.05) is 45.9 Å². The van der Waals surface area contributed by atoms with E-state index in [1.807, 2.05) is 0 Å². The predicted molar refractivity (Wildman–Crippen MR) is 113 cm³/mol. The second kappa shape index (κ2) is 10.3. The summed E-state index contributed by atoms with van der Waals surface area (Å²) in [6.45, 7) is 10.6. The third kappa shape index (κ3) is 5.94. The van der Waals surface area contributed by atoms with E-state index in [1.165, 1.54) is 16.3 Å². The van der Waals surface area contributed by atoms with Crippen LogP contribution in [0.2, 0.25) is 0 Å². The molecular formula is C22H32N4O. The maximum absolute atomic E-state index is 5.43. The van der Waals surface area contributed by atoms with Gasteiger partial charge in [-0.25, -0.2) is 0 Å². The normalized spacial score (nSPS) is 17.0. The molecule has 27 heavy (non-hydrogen) atoms. The molecule has 1 saturated heterocycles. The van der Waals surface area contributed by atoms with E-state index in [9.17, 15) is 0 Å². The number of hydrogen-bond acceptors (Lipinski definition) is 3. The summed E-state index contributed by atoms with van der Waals surface area (Å²) in [5, 5.41) is 9.42. The smallest absolute Gasteiger partial charge is 0.191 e. The van der Waals surface area contributed by atoms with E-state index in [4.69, 9.17) is 9.73 Å². The summed E-state index contributed by atoms with van der Waals surface area (Å²) in [6, 6.07) is 15.6. The Labute approximate surface area is 162 Å². The molecule has 1 heterocycles. The van der Waals surface area contributed by atoms with Crippen LogP contribution in [-0.2, 0) is 11.2 Å². The van der Waals surface area contributed by atoms with Crippen molar-refractivity contribution in [1.82, 2.24) is 15.5 Å². The van der Waals surface area contributed by atoms with E-state index in [2.05, 4.69) is 71.8 Å². The quantitative estimate of drug-likeness (QED) is 0.583. The predicted octanol–water partition coefficient (Wildman–Crippen LogP) is 2.66. The average molecular weight is 369 g/mol. The van der Waals surface area contributed by atoms with Crippen LogP contribution in [0.15, 0.2) is 47.5 Å². The molecule has 3 rings (SSSR count). The molecule has 0 aromatic heterocycles. The van der Waals surface area contributed by atoms with E-state index in [-0.39, 0.29) is 0 Å². The molecule has 0 amide bonds. The molecular weight excluding hydrogens is 336 g/mol. The lowest BCUT2D eigenvalue weighted by atomic mass is 10.1. The van der Waals surface area contributed by atoms with Gasteiger partial charge >= 0.3 is 0 Å². The number of morpholine rings is 1. The molecule has 2 aromatic rings. The second-order valence-electron chi connectivity index (χ2n) is 7.08. The third-order valence-electron chi connectivity index (χ3n) is 5.05. The van der Waals surface area contributed by atoms with Gasteiger partial charge in [-0.2, -0.15) is 0 Å². The van der Waals surface area contributed by atoms with Gasteiger partial charge in [-0.3, -0.25) is 9.89 Å². The van der Waals surface area contributed by atoms with Crippen LogP contribution in [0.25, 0.3) is 10.8 Å². The molecule has 1 aliphatic rings. The van der Waals surface area contributed by atoms with Crippen molar-refractivity contribution in [2.45, 2.75) is 26.3 Å².